The van der Waals surface area contributed by atoms with E-state index in [0.29, 0.717) is 76.6 Å². The zero-order chi connectivity index (χ0) is 36.4. The quantitative estimate of drug-likeness (QED) is 0.112. The number of halogens is 1. The third-order valence-electron chi connectivity index (χ3n) is 8.17. The van der Waals surface area contributed by atoms with Crippen molar-refractivity contribution in [2.75, 3.05) is 82.8 Å². The molecule has 0 aromatic heterocycles. The molecule has 13 heteroatoms. The first kappa shape index (κ1) is 39.7. The van der Waals surface area contributed by atoms with Crippen LogP contribution in [0.25, 0.3) is 11.1 Å². The highest BCUT2D eigenvalue weighted by Gasteiger charge is 2.32. The van der Waals surface area contributed by atoms with E-state index in [4.69, 9.17) is 40.4 Å². The second-order valence-corrected chi connectivity index (χ2v) is 12.4. The SMILES string of the molecule is CC(=O)N1c2ccc(-c3ccc(C(=O)NCCOCCOCCOCCOCCOCCC(=O)O)cc3)cc2[C@H](Nc2ccc(Cl)cc2)C[C@@H]1C. The molecular formula is C38H48ClN3O9. The van der Waals surface area contributed by atoms with Crippen LogP contribution in [0.2, 0.25) is 5.02 Å². The van der Waals surface area contributed by atoms with Crippen molar-refractivity contribution in [3.8, 4) is 11.1 Å². The first-order chi connectivity index (χ1) is 24.7. The molecule has 0 spiro atoms. The predicted molar refractivity (Wildman–Crippen MR) is 196 cm³/mol. The first-order valence-corrected chi connectivity index (χ1v) is 17.6. The number of fused-ring (bicyclic) bond motifs is 1. The molecule has 51 heavy (non-hydrogen) atoms. The van der Waals surface area contributed by atoms with Crippen molar-refractivity contribution in [2.24, 2.45) is 0 Å². The Labute approximate surface area is 304 Å². The summed E-state index contributed by atoms with van der Waals surface area (Å²) in [5.41, 5.74) is 5.39. The monoisotopic (exact) mass is 725 g/mol. The van der Waals surface area contributed by atoms with Gasteiger partial charge in [0, 0.05) is 41.5 Å². The van der Waals surface area contributed by atoms with Crippen LogP contribution < -0.4 is 15.5 Å². The van der Waals surface area contributed by atoms with Gasteiger partial charge in [-0.1, -0.05) is 29.8 Å². The molecule has 0 fully saturated rings. The van der Waals surface area contributed by atoms with Crippen LogP contribution in [0.3, 0.4) is 0 Å². The molecule has 0 unspecified atom stereocenters. The van der Waals surface area contributed by atoms with E-state index in [1.165, 1.54) is 0 Å². The summed E-state index contributed by atoms with van der Waals surface area (Å²) in [4.78, 5) is 37.6. The number of ether oxygens (including phenoxy) is 5. The molecule has 4 rings (SSSR count). The third kappa shape index (κ3) is 13.2. The van der Waals surface area contributed by atoms with Gasteiger partial charge in [-0.3, -0.25) is 14.4 Å². The Balaban J connectivity index is 1.14. The van der Waals surface area contributed by atoms with Crippen molar-refractivity contribution < 1.29 is 43.2 Å². The summed E-state index contributed by atoms with van der Waals surface area (Å²) in [7, 11) is 0. The van der Waals surface area contributed by atoms with Crippen molar-refractivity contribution >= 4 is 40.8 Å². The van der Waals surface area contributed by atoms with Gasteiger partial charge in [-0.05, 0) is 78.6 Å². The van der Waals surface area contributed by atoms with E-state index in [1.54, 1.807) is 19.1 Å². The normalized spacial score (nSPS) is 15.3. The van der Waals surface area contributed by atoms with Crippen LogP contribution in [-0.2, 0) is 33.3 Å². The van der Waals surface area contributed by atoms with Gasteiger partial charge in [-0.15, -0.1) is 0 Å². The molecule has 3 aromatic rings. The Morgan fingerprint density at radius 3 is 1.88 bits per heavy atom. The molecule has 3 N–H and O–H groups in total. The fourth-order valence-corrected chi connectivity index (χ4v) is 5.83. The Morgan fingerprint density at radius 1 is 0.765 bits per heavy atom. The van der Waals surface area contributed by atoms with Crippen molar-refractivity contribution in [1.29, 1.82) is 0 Å². The predicted octanol–water partition coefficient (Wildman–Crippen LogP) is 5.59. The average molecular weight is 726 g/mol. The fraction of sp³-hybridized carbons (Fsp3) is 0.447. The van der Waals surface area contributed by atoms with Gasteiger partial charge >= 0.3 is 5.97 Å². The Bertz CT molecular complexity index is 1540. The smallest absolute Gasteiger partial charge is 0.305 e. The number of benzene rings is 3. The van der Waals surface area contributed by atoms with Gasteiger partial charge < -0.3 is 44.3 Å². The maximum Gasteiger partial charge on any atom is 0.305 e. The number of hydrogen-bond acceptors (Lipinski definition) is 9. The number of aliphatic carboxylic acids is 1. The zero-order valence-corrected chi connectivity index (χ0v) is 30.0. The molecule has 12 nitrogen and oxygen atoms in total. The minimum atomic E-state index is -0.886. The van der Waals surface area contributed by atoms with E-state index in [1.807, 2.05) is 53.4 Å². The highest BCUT2D eigenvalue weighted by molar-refractivity contribution is 6.30. The summed E-state index contributed by atoms with van der Waals surface area (Å²) in [5, 5.41) is 15.7. The van der Waals surface area contributed by atoms with Crippen molar-refractivity contribution in [3.05, 3.63) is 82.9 Å². The van der Waals surface area contributed by atoms with E-state index in [2.05, 4.69) is 23.6 Å². The molecule has 1 aliphatic heterocycles. The second kappa shape index (κ2) is 21.4. The molecular weight excluding hydrogens is 678 g/mol. The lowest BCUT2D eigenvalue weighted by Gasteiger charge is -2.39. The number of carbonyl (C=O) groups is 3. The van der Waals surface area contributed by atoms with Gasteiger partial charge in [0.05, 0.1) is 78.5 Å². The number of amides is 2. The van der Waals surface area contributed by atoms with Crippen LogP contribution in [0, 0.1) is 0 Å². The highest BCUT2D eigenvalue weighted by Crippen LogP contribution is 2.41. The Morgan fingerprint density at radius 2 is 1.31 bits per heavy atom. The molecule has 1 aliphatic rings. The molecule has 0 bridgehead atoms. The standard InChI is InChI=1S/C38H48ClN3O9/c1-27-25-35(41-33-10-8-32(39)9-11-33)34-26-31(7-12-36(34)42(27)28(2)43)29-3-5-30(6-4-29)38(46)40-14-16-48-18-20-50-22-24-51-23-21-49-19-17-47-15-13-37(44)45/h3-12,26-27,35,41H,13-25H2,1-2H3,(H,40,46)(H,44,45)/t27-,35+/m0/s1. The maximum absolute atomic E-state index is 12.7. The fourth-order valence-electron chi connectivity index (χ4n) is 5.70. The Kier molecular flexibility index (Phi) is 16.6. The van der Waals surface area contributed by atoms with Crippen LogP contribution >= 0.6 is 11.6 Å². The number of hydrogen-bond donors (Lipinski definition) is 3. The van der Waals surface area contributed by atoms with Gasteiger partial charge in [0.25, 0.3) is 5.91 Å². The van der Waals surface area contributed by atoms with Gasteiger partial charge in [0.2, 0.25) is 5.91 Å². The van der Waals surface area contributed by atoms with Gasteiger partial charge in [-0.25, -0.2) is 0 Å². The lowest BCUT2D eigenvalue weighted by molar-refractivity contribution is -0.138. The average Bonchev–Trinajstić information content (AvgIpc) is 3.11. The topological polar surface area (TPSA) is 145 Å². The van der Waals surface area contributed by atoms with E-state index in [9.17, 15) is 14.4 Å². The van der Waals surface area contributed by atoms with E-state index < -0.39 is 5.97 Å². The number of carboxylic acid groups (broad SMARTS) is 1. The van der Waals surface area contributed by atoms with Crippen molar-refractivity contribution in [3.63, 3.8) is 0 Å². The molecule has 276 valence electrons. The number of nitrogens with one attached hydrogen (secondary N) is 2. The van der Waals surface area contributed by atoms with Gasteiger partial charge in [-0.2, -0.15) is 0 Å². The molecule has 0 radical (unpaired) electrons. The lowest BCUT2D eigenvalue weighted by Crippen LogP contribution is -2.43. The second-order valence-electron chi connectivity index (χ2n) is 12.0. The third-order valence-corrected chi connectivity index (χ3v) is 8.42. The molecule has 0 saturated heterocycles. The molecule has 0 aliphatic carbocycles. The number of nitrogens with zero attached hydrogens (tertiary/aromatic N) is 1. The molecule has 2 amide bonds. The van der Waals surface area contributed by atoms with Gasteiger partial charge in [0.15, 0.2) is 0 Å². The summed E-state index contributed by atoms with van der Waals surface area (Å²) in [6.07, 6.45) is 0.732. The van der Waals surface area contributed by atoms with Crippen LogP contribution in [0.5, 0.6) is 0 Å². The lowest BCUT2D eigenvalue weighted by atomic mass is 9.88. The summed E-state index contributed by atoms with van der Waals surface area (Å²) < 4.78 is 26.9. The molecule has 0 saturated carbocycles. The number of rotatable bonds is 22. The van der Waals surface area contributed by atoms with Crippen LogP contribution in [0.15, 0.2) is 66.7 Å². The van der Waals surface area contributed by atoms with E-state index >= 15 is 0 Å². The highest BCUT2D eigenvalue weighted by atomic mass is 35.5. The van der Waals surface area contributed by atoms with Crippen LogP contribution in [0.1, 0.15) is 48.7 Å². The number of carbonyl (C=O) groups excluding carboxylic acids is 2. The first-order valence-electron chi connectivity index (χ1n) is 17.2. The summed E-state index contributed by atoms with van der Waals surface area (Å²) >= 11 is 6.10. The minimum Gasteiger partial charge on any atom is -0.481 e. The molecule has 2 atom stereocenters. The summed E-state index contributed by atoms with van der Waals surface area (Å²) in [6, 6.07) is 21.3. The molecule has 1 heterocycles. The van der Waals surface area contributed by atoms with Crippen molar-refractivity contribution in [2.45, 2.75) is 38.8 Å². The zero-order valence-electron chi connectivity index (χ0n) is 29.2. The maximum atomic E-state index is 12.7. The van der Waals surface area contributed by atoms with E-state index in [0.717, 1.165) is 34.5 Å². The van der Waals surface area contributed by atoms with E-state index in [-0.39, 0.29) is 36.9 Å². The largest absolute Gasteiger partial charge is 0.481 e. The van der Waals surface area contributed by atoms with Crippen LogP contribution in [0.4, 0.5) is 11.4 Å². The summed E-state index contributed by atoms with van der Waals surface area (Å²) in [6.45, 7) is 7.81. The molecule has 3 aromatic carbocycles. The number of anilines is 2. The Hall–Kier alpha value is -4.04. The minimum absolute atomic E-state index is 0.00613. The number of carboxylic acids is 1. The van der Waals surface area contributed by atoms with Crippen molar-refractivity contribution in [1.82, 2.24) is 5.32 Å². The summed E-state index contributed by atoms with van der Waals surface area (Å²) in [5.74, 6) is -1.06. The van der Waals surface area contributed by atoms with Crippen LogP contribution in [-0.4, -0.2) is 102 Å². The van der Waals surface area contributed by atoms with Gasteiger partial charge in [0.1, 0.15) is 0 Å².